The Morgan fingerprint density at radius 1 is 1.00 bits per heavy atom. The molecule has 0 saturated carbocycles. The zero-order valence-electron chi connectivity index (χ0n) is 10.5. The van der Waals surface area contributed by atoms with E-state index in [1.165, 1.54) is 16.7 Å². The van der Waals surface area contributed by atoms with E-state index in [2.05, 4.69) is 42.5 Å². The third-order valence-corrected chi connectivity index (χ3v) is 3.74. The van der Waals surface area contributed by atoms with Gasteiger partial charge in [-0.15, -0.1) is 0 Å². The van der Waals surface area contributed by atoms with Crippen molar-refractivity contribution in [3.8, 4) is 0 Å². The first-order valence-electron chi connectivity index (χ1n) is 6.66. The highest BCUT2D eigenvalue weighted by atomic mass is 16.3. The fraction of sp³-hybridized carbons (Fsp3) is 0.294. The van der Waals surface area contributed by atoms with Crippen molar-refractivity contribution < 1.29 is 5.11 Å². The predicted octanol–water partition coefficient (Wildman–Crippen LogP) is 3.65. The first kappa shape index (κ1) is 11.5. The molecule has 0 bridgehead atoms. The highest BCUT2D eigenvalue weighted by Gasteiger charge is 2.17. The first-order chi connectivity index (χ1) is 8.83. The van der Waals surface area contributed by atoms with Crippen molar-refractivity contribution in [1.82, 2.24) is 0 Å². The van der Waals surface area contributed by atoms with E-state index in [1.54, 1.807) is 0 Å². The minimum Gasteiger partial charge on any atom is -0.388 e. The quantitative estimate of drug-likeness (QED) is 0.846. The Kier molecular flexibility index (Phi) is 3.16. The largest absolute Gasteiger partial charge is 0.388 e. The number of rotatable bonds is 2. The number of aryl methyl sites for hydroxylation is 1. The molecule has 1 N–H and O–H groups in total. The maximum Gasteiger partial charge on any atom is 0.0792 e. The molecule has 0 unspecified atom stereocenters. The molecule has 0 fully saturated rings. The van der Waals surface area contributed by atoms with E-state index in [0.717, 1.165) is 31.2 Å². The Hall–Kier alpha value is -1.60. The van der Waals surface area contributed by atoms with Gasteiger partial charge in [0.25, 0.3) is 0 Å². The van der Waals surface area contributed by atoms with Crippen molar-refractivity contribution in [1.29, 1.82) is 0 Å². The SMILES string of the molecule is O[C@@H]1CCCc2ccc(Cc3ccccc3)cc21. The van der Waals surface area contributed by atoms with Gasteiger partial charge in [0.05, 0.1) is 6.10 Å². The molecular weight excluding hydrogens is 220 g/mol. The molecule has 1 atom stereocenters. The smallest absolute Gasteiger partial charge is 0.0792 e. The molecule has 0 aromatic heterocycles. The zero-order chi connectivity index (χ0) is 12.4. The van der Waals surface area contributed by atoms with E-state index >= 15 is 0 Å². The van der Waals surface area contributed by atoms with Crippen molar-refractivity contribution in [3.63, 3.8) is 0 Å². The summed E-state index contributed by atoms with van der Waals surface area (Å²) in [5.74, 6) is 0. The number of benzene rings is 2. The van der Waals surface area contributed by atoms with Gasteiger partial charge in [-0.3, -0.25) is 0 Å². The molecule has 92 valence electrons. The maximum absolute atomic E-state index is 10.1. The lowest BCUT2D eigenvalue weighted by molar-refractivity contribution is 0.156. The Morgan fingerprint density at radius 2 is 1.83 bits per heavy atom. The van der Waals surface area contributed by atoms with Gasteiger partial charge < -0.3 is 5.11 Å². The second-order valence-corrected chi connectivity index (χ2v) is 5.10. The Bertz CT molecular complexity index is 531. The van der Waals surface area contributed by atoms with Crippen LogP contribution in [0.15, 0.2) is 48.5 Å². The summed E-state index contributed by atoms with van der Waals surface area (Å²) in [4.78, 5) is 0. The predicted molar refractivity (Wildman–Crippen MR) is 73.6 cm³/mol. The van der Waals surface area contributed by atoms with E-state index in [1.807, 2.05) is 6.07 Å². The zero-order valence-corrected chi connectivity index (χ0v) is 10.5. The van der Waals surface area contributed by atoms with Crippen LogP contribution in [0.2, 0.25) is 0 Å². The summed E-state index contributed by atoms with van der Waals surface area (Å²) in [6.45, 7) is 0. The normalized spacial score (nSPS) is 18.4. The molecule has 1 heteroatoms. The summed E-state index contributed by atoms with van der Waals surface area (Å²) in [6.07, 6.45) is 3.80. The van der Waals surface area contributed by atoms with Crippen LogP contribution in [0, 0.1) is 0 Å². The van der Waals surface area contributed by atoms with Crippen molar-refractivity contribution in [2.24, 2.45) is 0 Å². The minimum atomic E-state index is -0.260. The van der Waals surface area contributed by atoms with Crippen molar-refractivity contribution in [3.05, 3.63) is 70.8 Å². The van der Waals surface area contributed by atoms with Crippen LogP contribution >= 0.6 is 0 Å². The third kappa shape index (κ3) is 2.32. The van der Waals surface area contributed by atoms with E-state index in [9.17, 15) is 5.11 Å². The molecule has 3 rings (SSSR count). The number of hydrogen-bond donors (Lipinski definition) is 1. The van der Waals surface area contributed by atoms with Gasteiger partial charge in [0.1, 0.15) is 0 Å². The van der Waals surface area contributed by atoms with E-state index in [-0.39, 0.29) is 6.10 Å². The van der Waals surface area contributed by atoms with Crippen LogP contribution in [0.4, 0.5) is 0 Å². The van der Waals surface area contributed by atoms with Gasteiger partial charge in [-0.05, 0) is 47.9 Å². The lowest BCUT2D eigenvalue weighted by atomic mass is 9.87. The van der Waals surface area contributed by atoms with Crippen LogP contribution < -0.4 is 0 Å². The van der Waals surface area contributed by atoms with Crippen molar-refractivity contribution in [2.75, 3.05) is 0 Å². The summed E-state index contributed by atoms with van der Waals surface area (Å²) in [5, 5.41) is 10.1. The molecule has 1 aliphatic rings. The second kappa shape index (κ2) is 4.95. The highest BCUT2D eigenvalue weighted by Crippen LogP contribution is 2.30. The van der Waals surface area contributed by atoms with Crippen LogP contribution in [-0.2, 0) is 12.8 Å². The molecule has 2 aromatic carbocycles. The van der Waals surface area contributed by atoms with Crippen LogP contribution in [0.25, 0.3) is 0 Å². The Labute approximate surface area is 108 Å². The minimum absolute atomic E-state index is 0.260. The third-order valence-electron chi connectivity index (χ3n) is 3.74. The molecule has 0 radical (unpaired) electrons. The molecule has 0 spiro atoms. The number of hydrogen-bond acceptors (Lipinski definition) is 1. The fourth-order valence-corrected chi connectivity index (χ4v) is 2.77. The molecule has 0 aliphatic heterocycles. The topological polar surface area (TPSA) is 20.2 Å². The average molecular weight is 238 g/mol. The monoisotopic (exact) mass is 238 g/mol. The molecule has 2 aromatic rings. The maximum atomic E-state index is 10.1. The molecule has 18 heavy (non-hydrogen) atoms. The van der Waals surface area contributed by atoms with Crippen LogP contribution in [-0.4, -0.2) is 5.11 Å². The Balaban J connectivity index is 1.88. The van der Waals surface area contributed by atoms with E-state index in [4.69, 9.17) is 0 Å². The Morgan fingerprint density at radius 3 is 2.67 bits per heavy atom. The van der Waals surface area contributed by atoms with Gasteiger partial charge in [0.2, 0.25) is 0 Å². The summed E-state index contributed by atoms with van der Waals surface area (Å²) < 4.78 is 0. The van der Waals surface area contributed by atoms with Crippen LogP contribution in [0.5, 0.6) is 0 Å². The first-order valence-corrected chi connectivity index (χ1v) is 6.66. The average Bonchev–Trinajstić information content (AvgIpc) is 2.41. The molecule has 1 aliphatic carbocycles. The summed E-state index contributed by atoms with van der Waals surface area (Å²) in [5.41, 5.74) is 5.09. The molecule has 0 heterocycles. The molecule has 0 amide bonds. The van der Waals surface area contributed by atoms with Gasteiger partial charge in [0, 0.05) is 0 Å². The fourth-order valence-electron chi connectivity index (χ4n) is 2.77. The van der Waals surface area contributed by atoms with Crippen molar-refractivity contribution in [2.45, 2.75) is 31.8 Å². The number of aliphatic hydroxyl groups is 1. The molecular formula is C17H18O. The lowest BCUT2D eigenvalue weighted by Crippen LogP contribution is -2.09. The molecule has 0 saturated heterocycles. The van der Waals surface area contributed by atoms with Crippen LogP contribution in [0.1, 0.15) is 41.2 Å². The van der Waals surface area contributed by atoms with Gasteiger partial charge in [-0.2, -0.15) is 0 Å². The van der Waals surface area contributed by atoms with Gasteiger partial charge in [-0.25, -0.2) is 0 Å². The van der Waals surface area contributed by atoms with E-state index < -0.39 is 0 Å². The van der Waals surface area contributed by atoms with E-state index in [0.29, 0.717) is 0 Å². The number of fused-ring (bicyclic) bond motifs is 1. The standard InChI is InChI=1S/C17H18O/c18-17-8-4-7-15-10-9-14(12-16(15)17)11-13-5-2-1-3-6-13/h1-3,5-6,9-10,12,17-18H,4,7-8,11H2/t17-/m1/s1. The lowest BCUT2D eigenvalue weighted by Gasteiger charge is -2.22. The van der Waals surface area contributed by atoms with Gasteiger partial charge in [0.15, 0.2) is 0 Å². The van der Waals surface area contributed by atoms with Crippen molar-refractivity contribution >= 4 is 0 Å². The van der Waals surface area contributed by atoms with Gasteiger partial charge >= 0.3 is 0 Å². The summed E-state index contributed by atoms with van der Waals surface area (Å²) in [7, 11) is 0. The van der Waals surface area contributed by atoms with Gasteiger partial charge in [-0.1, -0.05) is 48.5 Å². The van der Waals surface area contributed by atoms with Crippen LogP contribution in [0.3, 0.4) is 0 Å². The highest BCUT2D eigenvalue weighted by molar-refractivity contribution is 5.37. The molecule has 1 nitrogen and oxygen atoms in total. The summed E-state index contributed by atoms with van der Waals surface area (Å²) >= 11 is 0. The number of aliphatic hydroxyl groups excluding tert-OH is 1. The second-order valence-electron chi connectivity index (χ2n) is 5.10. The summed E-state index contributed by atoms with van der Waals surface area (Å²) in [6, 6.07) is 17.1.